The summed E-state index contributed by atoms with van der Waals surface area (Å²) in [7, 11) is 1.48. The predicted molar refractivity (Wildman–Crippen MR) is 364 cm³/mol. The highest BCUT2D eigenvalue weighted by molar-refractivity contribution is 5.87. The summed E-state index contributed by atoms with van der Waals surface area (Å²) in [5.41, 5.74) is -5.38. The Kier molecular flexibility index (Phi) is 25.1. The minimum absolute atomic E-state index is 0.0271. The van der Waals surface area contributed by atoms with E-state index in [1.807, 2.05) is 13.0 Å². The van der Waals surface area contributed by atoms with Gasteiger partial charge < -0.3 is 158 Å². The zero-order valence-electron chi connectivity index (χ0n) is 62.0. The number of hydrogen-bond acceptors (Lipinski definition) is 34. The normalized spacial score (nSPS) is 49.9. The van der Waals surface area contributed by atoms with Crippen LogP contribution in [0.25, 0.3) is 6.08 Å². The van der Waals surface area contributed by atoms with Crippen LogP contribution in [0.2, 0.25) is 0 Å². The highest BCUT2D eigenvalue weighted by atomic mass is 16.8. The molecule has 6 heterocycles. The molecule has 4 saturated carbocycles. The van der Waals surface area contributed by atoms with Gasteiger partial charge in [-0.2, -0.15) is 0 Å². The third-order valence-electron chi connectivity index (χ3n) is 26.6. The van der Waals surface area contributed by atoms with Crippen molar-refractivity contribution in [2.75, 3.05) is 40.1 Å². The van der Waals surface area contributed by atoms with Gasteiger partial charge in [0, 0.05) is 11.5 Å². The number of carboxylic acids is 1. The van der Waals surface area contributed by atoms with Crippen LogP contribution in [0.5, 0.6) is 5.75 Å². The molecule has 35 heteroatoms. The summed E-state index contributed by atoms with van der Waals surface area (Å²) in [6.07, 6.45) is -46.2. The molecule has 18 N–H and O–H groups in total. The van der Waals surface area contributed by atoms with Gasteiger partial charge in [0.1, 0.15) is 122 Å². The molecule has 1 aromatic carbocycles. The molecule has 6 saturated heterocycles. The number of carbonyl (C=O) groups is 3. The van der Waals surface area contributed by atoms with Gasteiger partial charge in [-0.05, 0) is 136 Å². The number of carboxylic acid groups (broad SMARTS) is 1. The fourth-order valence-corrected chi connectivity index (χ4v) is 20.2. The number of ether oxygens (including phenoxy) is 14. The summed E-state index contributed by atoms with van der Waals surface area (Å²) in [5, 5.41) is 200. The first-order valence-corrected chi connectivity index (χ1v) is 37.5. The lowest BCUT2D eigenvalue weighted by Gasteiger charge is -2.71. The molecule has 0 unspecified atom stereocenters. The second-order valence-electron chi connectivity index (χ2n) is 33.3. The predicted octanol–water partition coefficient (Wildman–Crippen LogP) is -3.77. The minimum atomic E-state index is -2.18. The van der Waals surface area contributed by atoms with Crippen LogP contribution in [0, 0.1) is 50.2 Å². The summed E-state index contributed by atoms with van der Waals surface area (Å²) in [6, 6.07) is 6.63. The van der Waals surface area contributed by atoms with Crippen LogP contribution in [0.4, 0.5) is 0 Å². The van der Waals surface area contributed by atoms with Crippen molar-refractivity contribution in [3.05, 3.63) is 47.6 Å². The van der Waals surface area contributed by atoms with Gasteiger partial charge in [0.15, 0.2) is 43.7 Å². The standard InChI is InChI=1S/C74H110O35/c1-30-56(105-62-52(89)47(84)40(28-98-62)103-64-53(90)48(85)45(82)38(25-75)101-64)50(87)55(92)63(99-30)107-59-58(106-61-51(88)44(81)37(79)27-97-61)57(104-43(80)16-11-32-9-12-33(96-8)13-10-32)31(2)100-66(59)109-68(95)73-20-19-69(3,4)23-35(73)34-14-15-41-70(5)24-36(78)60(108-65-54(91)49(86)46(83)39(26-76)102-65)72(7,67(93)94)42(70)17-18-71(41,6)74(34,29-77)22-21-73/h9-14,16,30-31,35-42,44-66,75-79,81-92H,15,17-29H2,1-8H3,(H,93,94)/b16-11+/t30-,31+,35-,36-,37-,38+,39+,40+,41+,42+,44-,45-,46+,47-,48-,49-,50-,51+,52+,53+,54+,55+,56-,57-,58-,59+,60-,61-,62-,63-,64-,65-,66-,70+,71+,72-,73-,74-/m0/s1. The molecule has 35 nitrogen and oxygen atoms in total. The van der Waals surface area contributed by atoms with Crippen LogP contribution in [0.15, 0.2) is 42.0 Å². The molecular formula is C74H110O35. The molecule has 0 bridgehead atoms. The number of rotatable bonds is 20. The summed E-state index contributed by atoms with van der Waals surface area (Å²) < 4.78 is 84.9. The largest absolute Gasteiger partial charge is 0.497 e. The molecule has 5 aliphatic carbocycles. The molecule has 12 rings (SSSR count). The third-order valence-corrected chi connectivity index (χ3v) is 26.6. The number of aliphatic hydroxyl groups excluding tert-OH is 17. The van der Waals surface area contributed by atoms with Gasteiger partial charge in [0.05, 0.1) is 69.3 Å². The first kappa shape index (κ1) is 84.2. The smallest absolute Gasteiger partial charge is 0.331 e. The van der Waals surface area contributed by atoms with E-state index in [-0.39, 0.29) is 38.5 Å². The summed E-state index contributed by atoms with van der Waals surface area (Å²) in [6.45, 7) is 9.25. The van der Waals surface area contributed by atoms with Crippen molar-refractivity contribution >= 4 is 24.0 Å². The number of benzene rings is 1. The highest BCUT2D eigenvalue weighted by Gasteiger charge is 2.74. The molecule has 0 aromatic heterocycles. The Balaban J connectivity index is 0.851. The highest BCUT2D eigenvalue weighted by Crippen LogP contribution is 2.76. The van der Waals surface area contributed by atoms with E-state index in [9.17, 15) is 102 Å². The van der Waals surface area contributed by atoms with Crippen molar-refractivity contribution in [3.63, 3.8) is 0 Å². The quantitative estimate of drug-likeness (QED) is 0.0258. The van der Waals surface area contributed by atoms with Crippen molar-refractivity contribution in [1.29, 1.82) is 0 Å². The van der Waals surface area contributed by atoms with Gasteiger partial charge in [0.2, 0.25) is 6.29 Å². The van der Waals surface area contributed by atoms with Crippen LogP contribution < -0.4 is 4.74 Å². The van der Waals surface area contributed by atoms with E-state index in [1.54, 1.807) is 24.3 Å². The second kappa shape index (κ2) is 32.5. The maximum atomic E-state index is 16.3. The SMILES string of the molecule is COc1ccc(/C=C/C(=O)O[C@@H]2[C@H](O[C@@H]3OC[C@H](O)[C@H](O)[C@H]3O)[C@@H](O[C@@H]3O[C@@H](C)[C@H](O[C@@H]4OC[C@@H](O[C@@H]5O[C@H](CO)[C@H](O)[C@H](O)[C@H]5O)[C@H](O)[C@H]4O)[C@@H](O)[C@H]3O)[C@H](OC(=O)[C@]34CCC(C)(C)C[C@H]3C3=CC[C@@H]5[C@@]6(C)C[C@H](O)[C@H](O[C@@H]7O[C@H](CO)[C@@H](O)[C@H](O)[C@H]7O)[C@@](C)(C(=O)O)[C@@H]6CC[C@@]5(C)[C@]3(CO)CC4)O[C@@H]2C)cc1. The van der Waals surface area contributed by atoms with Crippen molar-refractivity contribution in [2.45, 2.75) is 290 Å². The van der Waals surface area contributed by atoms with Crippen LogP contribution in [-0.2, 0) is 76.0 Å². The topological polar surface area (TPSA) is 545 Å². The number of allylic oxidation sites excluding steroid dienone is 1. The number of fused-ring (bicyclic) bond motifs is 7. The lowest BCUT2D eigenvalue weighted by Crippen LogP contribution is -2.71. The fraction of sp³-hybridized carbons (Fsp3) is 0.824. The van der Waals surface area contributed by atoms with Gasteiger partial charge >= 0.3 is 17.9 Å². The molecule has 109 heavy (non-hydrogen) atoms. The molecular weight excluding hydrogens is 1450 g/mol. The number of esters is 2. The van der Waals surface area contributed by atoms with Gasteiger partial charge in [-0.25, -0.2) is 4.79 Å². The van der Waals surface area contributed by atoms with E-state index in [1.165, 1.54) is 34.0 Å². The number of methoxy groups -OCH3 is 1. The Morgan fingerprint density at radius 2 is 1.08 bits per heavy atom. The summed E-state index contributed by atoms with van der Waals surface area (Å²) in [5.74, 6) is -4.45. The Bertz CT molecular complexity index is 3380. The Hall–Kier alpha value is -4.21. The number of carbonyl (C=O) groups excluding carboxylic acids is 2. The van der Waals surface area contributed by atoms with E-state index in [4.69, 9.17) is 66.3 Å². The van der Waals surface area contributed by atoms with Gasteiger partial charge in [0.25, 0.3) is 0 Å². The van der Waals surface area contributed by atoms with E-state index < -0.39 is 285 Å². The Morgan fingerprint density at radius 1 is 0.532 bits per heavy atom. The molecule has 616 valence electrons. The molecule has 6 aliphatic heterocycles. The van der Waals surface area contributed by atoms with E-state index >= 15 is 4.79 Å². The summed E-state index contributed by atoms with van der Waals surface area (Å²) >= 11 is 0. The first-order chi connectivity index (χ1) is 51.4. The molecule has 0 radical (unpaired) electrons. The zero-order chi connectivity index (χ0) is 79.3. The lowest BCUT2D eigenvalue weighted by molar-refractivity contribution is -0.390. The second-order valence-corrected chi connectivity index (χ2v) is 33.3. The maximum Gasteiger partial charge on any atom is 0.331 e. The average molecular weight is 1560 g/mol. The minimum Gasteiger partial charge on any atom is -0.497 e. The lowest BCUT2D eigenvalue weighted by atomic mass is 9.33. The zero-order valence-corrected chi connectivity index (χ0v) is 62.0. The molecule has 11 aliphatic rings. The van der Waals surface area contributed by atoms with Crippen molar-refractivity contribution < 1.29 is 173 Å². The molecule has 38 atom stereocenters. The fourth-order valence-electron chi connectivity index (χ4n) is 20.2. The van der Waals surface area contributed by atoms with Crippen LogP contribution in [-0.4, -0.2) is 334 Å². The molecule has 0 spiro atoms. The van der Waals surface area contributed by atoms with Gasteiger partial charge in [-0.1, -0.05) is 51.5 Å². The van der Waals surface area contributed by atoms with Crippen LogP contribution in [0.3, 0.4) is 0 Å². The van der Waals surface area contributed by atoms with Gasteiger partial charge in [-0.15, -0.1) is 0 Å². The maximum absolute atomic E-state index is 16.3. The van der Waals surface area contributed by atoms with E-state index in [2.05, 4.69) is 20.8 Å². The first-order valence-electron chi connectivity index (χ1n) is 37.5. The molecule has 1 aromatic rings. The van der Waals surface area contributed by atoms with Crippen LogP contribution in [0.1, 0.15) is 112 Å². The number of aliphatic carboxylic acids is 1. The third kappa shape index (κ3) is 15.0. The van der Waals surface area contributed by atoms with Gasteiger partial charge in [-0.3, -0.25) is 9.59 Å². The molecule has 10 fully saturated rings. The Morgan fingerprint density at radius 3 is 1.70 bits per heavy atom. The van der Waals surface area contributed by atoms with E-state index in [0.717, 1.165) is 11.6 Å². The van der Waals surface area contributed by atoms with E-state index in [0.29, 0.717) is 30.6 Å². The number of hydrogen-bond donors (Lipinski definition) is 18. The molecule has 0 amide bonds. The Labute approximate surface area is 628 Å². The van der Waals surface area contributed by atoms with Crippen molar-refractivity contribution in [2.24, 2.45) is 50.2 Å². The summed E-state index contributed by atoms with van der Waals surface area (Å²) in [4.78, 5) is 44.6. The van der Waals surface area contributed by atoms with Crippen molar-refractivity contribution in [3.8, 4) is 5.75 Å². The number of aliphatic hydroxyl groups is 17. The van der Waals surface area contributed by atoms with Crippen molar-refractivity contribution in [1.82, 2.24) is 0 Å². The monoisotopic (exact) mass is 1560 g/mol. The van der Waals surface area contributed by atoms with Crippen LogP contribution >= 0.6 is 0 Å². The average Bonchev–Trinajstić information content (AvgIpc) is 0.669.